The first-order valence-corrected chi connectivity index (χ1v) is 7.53. The summed E-state index contributed by atoms with van der Waals surface area (Å²) in [6.45, 7) is 4.72. The molecule has 0 saturated carbocycles. The van der Waals surface area contributed by atoms with E-state index in [0.717, 1.165) is 15.6 Å². The summed E-state index contributed by atoms with van der Waals surface area (Å²) in [6.07, 6.45) is 2.44. The highest BCUT2D eigenvalue weighted by molar-refractivity contribution is 14.1. The SMILES string of the molecule is CCCn1ncc(Cl)c1C(=O)c1cccc(C)c1I. The van der Waals surface area contributed by atoms with Crippen molar-refractivity contribution in [1.82, 2.24) is 9.78 Å². The molecule has 0 aliphatic carbocycles. The predicted molar refractivity (Wildman–Crippen MR) is 84.9 cm³/mol. The first kappa shape index (κ1) is 14.5. The standard InChI is InChI=1S/C14H14ClIN2O/c1-3-7-18-13(11(15)8-17-18)14(19)10-6-4-5-9(2)12(10)16/h4-6,8H,3,7H2,1-2H3. The number of hydrogen-bond donors (Lipinski definition) is 0. The second-order valence-electron chi connectivity index (χ2n) is 4.33. The van der Waals surface area contributed by atoms with Gasteiger partial charge in [0.1, 0.15) is 5.69 Å². The van der Waals surface area contributed by atoms with E-state index in [1.165, 1.54) is 6.20 Å². The van der Waals surface area contributed by atoms with Crippen molar-refractivity contribution in [2.24, 2.45) is 0 Å². The van der Waals surface area contributed by atoms with Gasteiger partial charge in [-0.25, -0.2) is 0 Å². The lowest BCUT2D eigenvalue weighted by Gasteiger charge is -2.09. The smallest absolute Gasteiger partial charge is 0.213 e. The van der Waals surface area contributed by atoms with Gasteiger partial charge < -0.3 is 0 Å². The Morgan fingerprint density at radius 1 is 1.47 bits per heavy atom. The van der Waals surface area contributed by atoms with Gasteiger partial charge in [0.2, 0.25) is 5.78 Å². The molecule has 0 spiro atoms. The minimum atomic E-state index is -0.0657. The van der Waals surface area contributed by atoms with Gasteiger partial charge in [-0.2, -0.15) is 5.10 Å². The molecule has 5 heteroatoms. The van der Waals surface area contributed by atoms with Gasteiger partial charge in [0.25, 0.3) is 0 Å². The molecule has 0 N–H and O–H groups in total. The number of ketones is 1. The van der Waals surface area contributed by atoms with Crippen LogP contribution >= 0.6 is 34.2 Å². The Hall–Kier alpha value is -0.880. The topological polar surface area (TPSA) is 34.9 Å². The van der Waals surface area contributed by atoms with Crippen LogP contribution in [-0.4, -0.2) is 15.6 Å². The van der Waals surface area contributed by atoms with E-state index in [9.17, 15) is 4.79 Å². The van der Waals surface area contributed by atoms with Crippen LogP contribution < -0.4 is 0 Å². The van der Waals surface area contributed by atoms with Crippen LogP contribution in [0.5, 0.6) is 0 Å². The third-order valence-electron chi connectivity index (χ3n) is 2.88. The zero-order chi connectivity index (χ0) is 14.0. The van der Waals surface area contributed by atoms with E-state index < -0.39 is 0 Å². The maximum absolute atomic E-state index is 12.6. The maximum Gasteiger partial charge on any atom is 0.213 e. The van der Waals surface area contributed by atoms with Crippen LogP contribution in [-0.2, 0) is 6.54 Å². The van der Waals surface area contributed by atoms with E-state index in [4.69, 9.17) is 11.6 Å². The van der Waals surface area contributed by atoms with E-state index >= 15 is 0 Å². The molecule has 0 radical (unpaired) electrons. The van der Waals surface area contributed by atoms with Gasteiger partial charge in [-0.1, -0.05) is 30.7 Å². The molecule has 0 fully saturated rings. The highest BCUT2D eigenvalue weighted by Gasteiger charge is 2.21. The number of aryl methyl sites for hydroxylation is 2. The monoisotopic (exact) mass is 388 g/mol. The molecule has 0 unspecified atom stereocenters. The second kappa shape index (κ2) is 6.05. The summed E-state index contributed by atoms with van der Waals surface area (Å²) in [7, 11) is 0. The van der Waals surface area contributed by atoms with Crippen molar-refractivity contribution in [3.8, 4) is 0 Å². The quantitative estimate of drug-likeness (QED) is 0.584. The van der Waals surface area contributed by atoms with Crippen LogP contribution in [0.15, 0.2) is 24.4 Å². The average molecular weight is 389 g/mol. The number of aromatic nitrogens is 2. The molecular formula is C14H14ClIN2O. The molecular weight excluding hydrogens is 375 g/mol. The third kappa shape index (κ3) is 2.84. The summed E-state index contributed by atoms with van der Waals surface area (Å²) >= 11 is 8.31. The summed E-state index contributed by atoms with van der Waals surface area (Å²) in [6, 6.07) is 5.71. The van der Waals surface area contributed by atoms with Crippen molar-refractivity contribution in [3.05, 3.63) is 49.8 Å². The van der Waals surface area contributed by atoms with Gasteiger partial charge in [0, 0.05) is 15.7 Å². The van der Waals surface area contributed by atoms with E-state index in [1.54, 1.807) is 4.68 Å². The van der Waals surface area contributed by atoms with Crippen molar-refractivity contribution in [3.63, 3.8) is 0 Å². The highest BCUT2D eigenvalue weighted by Crippen LogP contribution is 2.24. The van der Waals surface area contributed by atoms with Crippen LogP contribution in [0.2, 0.25) is 5.02 Å². The van der Waals surface area contributed by atoms with Gasteiger partial charge in [-0.15, -0.1) is 0 Å². The molecule has 3 nitrogen and oxygen atoms in total. The Labute approximate surface area is 131 Å². The van der Waals surface area contributed by atoms with Gasteiger partial charge >= 0.3 is 0 Å². The van der Waals surface area contributed by atoms with E-state index in [0.29, 0.717) is 22.8 Å². The van der Waals surface area contributed by atoms with Gasteiger partial charge in [-0.05, 0) is 47.6 Å². The molecule has 0 saturated heterocycles. The third-order valence-corrected chi connectivity index (χ3v) is 4.59. The molecule has 0 atom stereocenters. The summed E-state index contributed by atoms with van der Waals surface area (Å²) < 4.78 is 2.65. The Balaban J connectivity index is 2.50. The van der Waals surface area contributed by atoms with Crippen molar-refractivity contribution >= 4 is 40.0 Å². The Bertz CT molecular complexity index is 622. The fourth-order valence-electron chi connectivity index (χ4n) is 1.92. The summed E-state index contributed by atoms with van der Waals surface area (Å²) in [4.78, 5) is 12.6. The number of carbonyl (C=O) groups excluding carboxylic acids is 1. The Morgan fingerprint density at radius 3 is 2.89 bits per heavy atom. The molecule has 1 heterocycles. The lowest BCUT2D eigenvalue weighted by atomic mass is 10.1. The first-order valence-electron chi connectivity index (χ1n) is 6.07. The lowest BCUT2D eigenvalue weighted by molar-refractivity contribution is 0.102. The minimum absolute atomic E-state index is 0.0657. The lowest BCUT2D eigenvalue weighted by Crippen LogP contribution is -2.13. The molecule has 0 aliphatic rings. The summed E-state index contributed by atoms with van der Waals surface area (Å²) in [5.41, 5.74) is 2.25. The molecule has 0 amide bonds. The van der Waals surface area contributed by atoms with E-state index in [-0.39, 0.29) is 5.78 Å². The van der Waals surface area contributed by atoms with Gasteiger partial charge in [0.05, 0.1) is 11.2 Å². The molecule has 0 bridgehead atoms. The van der Waals surface area contributed by atoms with Crippen LogP contribution in [0, 0.1) is 10.5 Å². The highest BCUT2D eigenvalue weighted by atomic mass is 127. The first-order chi connectivity index (χ1) is 9.06. The normalized spacial score (nSPS) is 10.7. The number of nitrogens with zero attached hydrogens (tertiary/aromatic N) is 2. The zero-order valence-electron chi connectivity index (χ0n) is 10.8. The van der Waals surface area contributed by atoms with Crippen molar-refractivity contribution in [2.75, 3.05) is 0 Å². The van der Waals surface area contributed by atoms with Gasteiger partial charge in [-0.3, -0.25) is 9.48 Å². The van der Waals surface area contributed by atoms with Crippen molar-refractivity contribution in [2.45, 2.75) is 26.8 Å². The summed E-state index contributed by atoms with van der Waals surface area (Å²) in [5.74, 6) is -0.0657. The van der Waals surface area contributed by atoms with Crippen LogP contribution in [0.1, 0.15) is 35.0 Å². The number of halogens is 2. The van der Waals surface area contributed by atoms with Crippen LogP contribution in [0.25, 0.3) is 0 Å². The summed E-state index contributed by atoms with van der Waals surface area (Å²) in [5, 5.41) is 4.58. The number of hydrogen-bond acceptors (Lipinski definition) is 2. The van der Waals surface area contributed by atoms with E-state index in [2.05, 4.69) is 27.7 Å². The van der Waals surface area contributed by atoms with Crippen LogP contribution in [0.4, 0.5) is 0 Å². The van der Waals surface area contributed by atoms with E-state index in [1.807, 2.05) is 32.0 Å². The maximum atomic E-state index is 12.6. The molecule has 2 aromatic rings. The molecule has 19 heavy (non-hydrogen) atoms. The molecule has 100 valence electrons. The Kier molecular flexibility index (Phi) is 4.62. The molecule has 1 aromatic heterocycles. The molecule has 2 rings (SSSR count). The number of carbonyl (C=O) groups is 1. The van der Waals surface area contributed by atoms with Crippen LogP contribution in [0.3, 0.4) is 0 Å². The van der Waals surface area contributed by atoms with Crippen molar-refractivity contribution < 1.29 is 4.79 Å². The largest absolute Gasteiger partial charge is 0.287 e. The molecule has 1 aromatic carbocycles. The predicted octanol–water partition coefficient (Wildman–Crippen LogP) is 4.09. The zero-order valence-corrected chi connectivity index (χ0v) is 13.7. The van der Waals surface area contributed by atoms with Gasteiger partial charge in [0.15, 0.2) is 0 Å². The average Bonchev–Trinajstić information content (AvgIpc) is 2.74. The Morgan fingerprint density at radius 2 is 2.21 bits per heavy atom. The second-order valence-corrected chi connectivity index (χ2v) is 5.82. The van der Waals surface area contributed by atoms with Crippen molar-refractivity contribution in [1.29, 1.82) is 0 Å². The fourth-order valence-corrected chi connectivity index (χ4v) is 2.75. The number of rotatable bonds is 4. The number of benzene rings is 1. The minimum Gasteiger partial charge on any atom is -0.287 e. The fraction of sp³-hybridized carbons (Fsp3) is 0.286. The molecule has 0 aliphatic heterocycles.